The zero-order chi connectivity index (χ0) is 14.7. The topological polar surface area (TPSA) is 38.1 Å². The molecule has 4 heteroatoms. The van der Waals surface area contributed by atoms with E-state index in [1.165, 1.54) is 12.8 Å². The molecule has 1 aliphatic rings. The van der Waals surface area contributed by atoms with Crippen molar-refractivity contribution >= 4 is 5.91 Å². The van der Waals surface area contributed by atoms with E-state index in [1.54, 1.807) is 6.20 Å². The van der Waals surface area contributed by atoms with Crippen LogP contribution in [0.4, 0.5) is 0 Å². The van der Waals surface area contributed by atoms with E-state index in [4.69, 9.17) is 0 Å². The van der Waals surface area contributed by atoms with Crippen molar-refractivity contribution in [2.75, 3.05) is 13.1 Å². The van der Waals surface area contributed by atoms with Crippen LogP contribution < -0.4 is 0 Å². The van der Waals surface area contributed by atoms with Crippen LogP contribution in [-0.2, 0) is 0 Å². The van der Waals surface area contributed by atoms with Gasteiger partial charge >= 0.3 is 0 Å². The quantitative estimate of drug-likeness (QED) is 0.849. The molecule has 2 heterocycles. The van der Waals surface area contributed by atoms with Gasteiger partial charge in [-0.25, -0.2) is 4.68 Å². The maximum absolute atomic E-state index is 12.7. The highest BCUT2D eigenvalue weighted by Crippen LogP contribution is 2.18. The third kappa shape index (κ3) is 2.84. The fraction of sp³-hybridized carbons (Fsp3) is 0.412. The number of carbonyl (C=O) groups is 1. The molecule has 0 bridgehead atoms. The van der Waals surface area contributed by atoms with Gasteiger partial charge in [0, 0.05) is 13.1 Å². The van der Waals surface area contributed by atoms with E-state index in [-0.39, 0.29) is 5.91 Å². The Morgan fingerprint density at radius 3 is 2.38 bits per heavy atom. The Morgan fingerprint density at radius 1 is 1.05 bits per heavy atom. The number of amides is 1. The van der Waals surface area contributed by atoms with Crippen molar-refractivity contribution < 1.29 is 4.79 Å². The molecular formula is C17H21N3O. The molecule has 1 fully saturated rings. The maximum atomic E-state index is 12.7. The van der Waals surface area contributed by atoms with Crippen LogP contribution in [0.3, 0.4) is 0 Å². The minimum atomic E-state index is 0.122. The molecule has 1 saturated heterocycles. The number of para-hydroxylation sites is 1. The van der Waals surface area contributed by atoms with Gasteiger partial charge in [0.25, 0.3) is 5.91 Å². The van der Waals surface area contributed by atoms with Crippen molar-refractivity contribution in [1.82, 2.24) is 14.7 Å². The summed E-state index contributed by atoms with van der Waals surface area (Å²) in [6.07, 6.45) is 6.38. The summed E-state index contributed by atoms with van der Waals surface area (Å²) in [5.74, 6) is 0.122. The first-order valence-electron chi connectivity index (χ1n) is 7.66. The zero-order valence-corrected chi connectivity index (χ0v) is 12.5. The van der Waals surface area contributed by atoms with E-state index in [0.717, 1.165) is 42.9 Å². The standard InChI is InChI=1S/C17H21N3O/c1-14-16(17(21)19-11-7-2-3-8-12-19)13-18-20(14)15-9-5-4-6-10-15/h4-6,9-10,13H,2-3,7-8,11-12H2,1H3. The Labute approximate surface area is 125 Å². The second kappa shape index (κ2) is 6.12. The van der Waals surface area contributed by atoms with Crippen LogP contribution in [0.5, 0.6) is 0 Å². The summed E-state index contributed by atoms with van der Waals surface area (Å²) in [6, 6.07) is 9.94. The first-order chi connectivity index (χ1) is 10.3. The van der Waals surface area contributed by atoms with Gasteiger partial charge in [-0.2, -0.15) is 5.10 Å². The monoisotopic (exact) mass is 283 g/mol. The van der Waals surface area contributed by atoms with Crippen molar-refractivity contribution in [2.24, 2.45) is 0 Å². The van der Waals surface area contributed by atoms with Crippen molar-refractivity contribution in [3.8, 4) is 5.69 Å². The van der Waals surface area contributed by atoms with E-state index in [1.807, 2.05) is 46.8 Å². The van der Waals surface area contributed by atoms with Crippen LogP contribution in [0.15, 0.2) is 36.5 Å². The average molecular weight is 283 g/mol. The number of hydrogen-bond donors (Lipinski definition) is 0. The van der Waals surface area contributed by atoms with E-state index >= 15 is 0 Å². The van der Waals surface area contributed by atoms with Gasteiger partial charge in [-0.15, -0.1) is 0 Å². The second-order valence-electron chi connectivity index (χ2n) is 5.60. The number of likely N-dealkylation sites (tertiary alicyclic amines) is 1. The predicted octanol–water partition coefficient (Wildman–Crippen LogP) is 3.20. The zero-order valence-electron chi connectivity index (χ0n) is 12.5. The predicted molar refractivity (Wildman–Crippen MR) is 82.7 cm³/mol. The van der Waals surface area contributed by atoms with Gasteiger partial charge < -0.3 is 4.90 Å². The minimum Gasteiger partial charge on any atom is -0.339 e. The lowest BCUT2D eigenvalue weighted by atomic mass is 10.2. The van der Waals surface area contributed by atoms with Gasteiger partial charge in [0.15, 0.2) is 0 Å². The molecule has 1 aliphatic heterocycles. The molecule has 0 atom stereocenters. The fourth-order valence-corrected chi connectivity index (χ4v) is 2.89. The van der Waals surface area contributed by atoms with Gasteiger partial charge in [-0.05, 0) is 31.9 Å². The summed E-state index contributed by atoms with van der Waals surface area (Å²) in [5.41, 5.74) is 2.63. The van der Waals surface area contributed by atoms with Gasteiger partial charge in [-0.3, -0.25) is 4.79 Å². The summed E-state index contributed by atoms with van der Waals surface area (Å²) in [7, 11) is 0. The van der Waals surface area contributed by atoms with Gasteiger partial charge in [0.1, 0.15) is 0 Å². The van der Waals surface area contributed by atoms with Crippen LogP contribution in [0.2, 0.25) is 0 Å². The Balaban J connectivity index is 1.86. The van der Waals surface area contributed by atoms with Crippen LogP contribution in [0.1, 0.15) is 41.7 Å². The van der Waals surface area contributed by atoms with Crippen molar-refractivity contribution in [3.63, 3.8) is 0 Å². The van der Waals surface area contributed by atoms with E-state index < -0.39 is 0 Å². The summed E-state index contributed by atoms with van der Waals surface area (Å²) >= 11 is 0. The molecule has 0 spiro atoms. The van der Waals surface area contributed by atoms with E-state index in [0.29, 0.717) is 0 Å². The highest BCUT2D eigenvalue weighted by atomic mass is 16.2. The van der Waals surface area contributed by atoms with Crippen molar-refractivity contribution in [3.05, 3.63) is 47.8 Å². The lowest BCUT2D eigenvalue weighted by Crippen LogP contribution is -2.32. The highest BCUT2D eigenvalue weighted by Gasteiger charge is 2.21. The molecule has 0 saturated carbocycles. The number of benzene rings is 1. The third-order valence-corrected chi connectivity index (χ3v) is 4.13. The second-order valence-corrected chi connectivity index (χ2v) is 5.60. The molecule has 2 aromatic rings. The molecule has 0 unspecified atom stereocenters. The van der Waals surface area contributed by atoms with Crippen LogP contribution >= 0.6 is 0 Å². The van der Waals surface area contributed by atoms with Crippen LogP contribution in [0, 0.1) is 6.92 Å². The Hall–Kier alpha value is -2.10. The lowest BCUT2D eigenvalue weighted by Gasteiger charge is -2.20. The van der Waals surface area contributed by atoms with Crippen LogP contribution in [-0.4, -0.2) is 33.7 Å². The number of hydrogen-bond acceptors (Lipinski definition) is 2. The SMILES string of the molecule is Cc1c(C(=O)N2CCCCCC2)cnn1-c1ccccc1. The van der Waals surface area contributed by atoms with Crippen molar-refractivity contribution in [1.29, 1.82) is 0 Å². The smallest absolute Gasteiger partial charge is 0.257 e. The molecule has 1 aromatic heterocycles. The molecule has 0 aliphatic carbocycles. The molecule has 21 heavy (non-hydrogen) atoms. The maximum Gasteiger partial charge on any atom is 0.257 e. The third-order valence-electron chi connectivity index (χ3n) is 4.13. The average Bonchev–Trinajstić information content (AvgIpc) is 2.74. The summed E-state index contributed by atoms with van der Waals surface area (Å²) < 4.78 is 1.84. The largest absolute Gasteiger partial charge is 0.339 e. The molecular weight excluding hydrogens is 262 g/mol. The molecule has 110 valence electrons. The first-order valence-corrected chi connectivity index (χ1v) is 7.66. The van der Waals surface area contributed by atoms with E-state index in [2.05, 4.69) is 5.10 Å². The molecule has 4 nitrogen and oxygen atoms in total. The number of rotatable bonds is 2. The molecule has 1 amide bonds. The van der Waals surface area contributed by atoms with E-state index in [9.17, 15) is 4.79 Å². The Bertz CT molecular complexity index is 610. The molecule has 0 radical (unpaired) electrons. The van der Waals surface area contributed by atoms with Gasteiger partial charge in [0.05, 0.1) is 23.1 Å². The Morgan fingerprint density at radius 2 is 1.71 bits per heavy atom. The molecule has 0 N–H and O–H groups in total. The fourth-order valence-electron chi connectivity index (χ4n) is 2.89. The van der Waals surface area contributed by atoms with Gasteiger partial charge in [0.2, 0.25) is 0 Å². The number of aromatic nitrogens is 2. The Kier molecular flexibility index (Phi) is 4.04. The van der Waals surface area contributed by atoms with Crippen LogP contribution in [0.25, 0.3) is 5.69 Å². The van der Waals surface area contributed by atoms with Crippen molar-refractivity contribution in [2.45, 2.75) is 32.6 Å². The molecule has 3 rings (SSSR count). The van der Waals surface area contributed by atoms with Gasteiger partial charge in [-0.1, -0.05) is 31.0 Å². The lowest BCUT2D eigenvalue weighted by molar-refractivity contribution is 0.0761. The number of nitrogens with zero attached hydrogens (tertiary/aromatic N) is 3. The summed E-state index contributed by atoms with van der Waals surface area (Å²) in [4.78, 5) is 14.7. The minimum absolute atomic E-state index is 0.122. The first kappa shape index (κ1) is 13.9. The molecule has 1 aromatic carbocycles. The normalized spacial score (nSPS) is 15.8. The number of carbonyl (C=O) groups excluding carboxylic acids is 1. The summed E-state index contributed by atoms with van der Waals surface area (Å²) in [5, 5.41) is 4.39. The summed E-state index contributed by atoms with van der Waals surface area (Å²) in [6.45, 7) is 3.70. The highest BCUT2D eigenvalue weighted by molar-refractivity contribution is 5.95.